The van der Waals surface area contributed by atoms with Crippen molar-refractivity contribution in [3.63, 3.8) is 0 Å². The minimum atomic E-state index is 0.805. The van der Waals surface area contributed by atoms with E-state index in [0.717, 1.165) is 44.0 Å². The lowest BCUT2D eigenvalue weighted by Gasteiger charge is -2.22. The summed E-state index contributed by atoms with van der Waals surface area (Å²) in [5.74, 6) is 2.79. The third-order valence-corrected chi connectivity index (χ3v) is 4.76. The molecule has 0 radical (unpaired) electrons. The van der Waals surface area contributed by atoms with Crippen molar-refractivity contribution in [1.29, 1.82) is 0 Å². The molecule has 0 aromatic rings. The van der Waals surface area contributed by atoms with Gasteiger partial charge in [-0.2, -0.15) is 0 Å². The van der Waals surface area contributed by atoms with E-state index in [0.29, 0.717) is 0 Å². The lowest BCUT2D eigenvalue weighted by molar-refractivity contribution is 0.297. The molecular formula is C19H40N4. The van der Waals surface area contributed by atoms with Gasteiger partial charge in [-0.1, -0.05) is 27.7 Å². The van der Waals surface area contributed by atoms with Gasteiger partial charge >= 0.3 is 0 Å². The highest BCUT2D eigenvalue weighted by Crippen LogP contribution is 2.23. The zero-order valence-electron chi connectivity index (χ0n) is 16.3. The molecular weight excluding hydrogens is 284 g/mol. The summed E-state index contributed by atoms with van der Waals surface area (Å²) in [6, 6.07) is 0. The van der Waals surface area contributed by atoms with Crippen LogP contribution < -0.4 is 5.32 Å². The van der Waals surface area contributed by atoms with E-state index in [9.17, 15) is 0 Å². The molecule has 0 aliphatic carbocycles. The van der Waals surface area contributed by atoms with Crippen LogP contribution in [0.2, 0.25) is 0 Å². The number of likely N-dealkylation sites (tertiary alicyclic amines) is 1. The smallest absolute Gasteiger partial charge is 0.193 e. The van der Waals surface area contributed by atoms with E-state index >= 15 is 0 Å². The van der Waals surface area contributed by atoms with Crippen molar-refractivity contribution in [3.8, 4) is 0 Å². The molecule has 1 aliphatic rings. The van der Waals surface area contributed by atoms with Crippen LogP contribution in [0.5, 0.6) is 0 Å². The van der Waals surface area contributed by atoms with Crippen LogP contribution in [-0.2, 0) is 0 Å². The lowest BCUT2D eigenvalue weighted by atomic mass is 9.97. The van der Waals surface area contributed by atoms with Crippen LogP contribution in [0.4, 0.5) is 0 Å². The average molecular weight is 325 g/mol. The van der Waals surface area contributed by atoms with Gasteiger partial charge in [0.15, 0.2) is 5.96 Å². The van der Waals surface area contributed by atoms with Crippen LogP contribution in [0.15, 0.2) is 4.99 Å². The van der Waals surface area contributed by atoms with Crippen molar-refractivity contribution in [3.05, 3.63) is 0 Å². The minimum absolute atomic E-state index is 0.805. The average Bonchev–Trinajstić information content (AvgIpc) is 2.97. The molecule has 0 spiro atoms. The molecule has 1 heterocycles. The van der Waals surface area contributed by atoms with E-state index < -0.39 is 0 Å². The summed E-state index contributed by atoms with van der Waals surface area (Å²) in [5.41, 5.74) is 0. The zero-order valence-corrected chi connectivity index (χ0v) is 16.3. The Labute approximate surface area is 144 Å². The molecule has 4 nitrogen and oxygen atoms in total. The number of hydrogen-bond acceptors (Lipinski definition) is 2. The van der Waals surface area contributed by atoms with Gasteiger partial charge in [-0.3, -0.25) is 4.99 Å². The molecule has 1 aliphatic heterocycles. The molecule has 0 amide bonds. The van der Waals surface area contributed by atoms with E-state index in [-0.39, 0.29) is 0 Å². The fraction of sp³-hybridized carbons (Fsp3) is 0.947. The van der Waals surface area contributed by atoms with E-state index in [1.54, 1.807) is 0 Å². The van der Waals surface area contributed by atoms with Crippen LogP contribution >= 0.6 is 0 Å². The van der Waals surface area contributed by atoms with Gasteiger partial charge in [0.2, 0.25) is 0 Å². The second-order valence-corrected chi connectivity index (χ2v) is 7.20. The van der Waals surface area contributed by atoms with Crippen LogP contribution in [0.1, 0.15) is 60.3 Å². The molecule has 4 heteroatoms. The van der Waals surface area contributed by atoms with E-state index in [1.165, 1.54) is 45.3 Å². The summed E-state index contributed by atoms with van der Waals surface area (Å²) in [5, 5.41) is 3.49. The highest BCUT2D eigenvalue weighted by atomic mass is 15.3. The first kappa shape index (κ1) is 20.3. The molecule has 1 unspecified atom stereocenters. The molecule has 23 heavy (non-hydrogen) atoms. The van der Waals surface area contributed by atoms with E-state index in [4.69, 9.17) is 4.99 Å². The zero-order chi connectivity index (χ0) is 17.1. The Kier molecular flexibility index (Phi) is 10.3. The van der Waals surface area contributed by atoms with Crippen molar-refractivity contribution in [1.82, 2.24) is 15.1 Å². The lowest BCUT2D eigenvalue weighted by Crippen LogP contribution is -2.40. The van der Waals surface area contributed by atoms with Crippen molar-refractivity contribution < 1.29 is 0 Å². The maximum absolute atomic E-state index is 4.87. The maximum Gasteiger partial charge on any atom is 0.193 e. The highest BCUT2D eigenvalue weighted by Gasteiger charge is 2.25. The first-order valence-electron chi connectivity index (χ1n) is 9.86. The number of aliphatic imine (C=N–C) groups is 1. The number of nitrogens with zero attached hydrogens (tertiary/aromatic N) is 3. The van der Waals surface area contributed by atoms with Crippen molar-refractivity contribution in [2.75, 3.05) is 45.8 Å². The summed E-state index contributed by atoms with van der Waals surface area (Å²) >= 11 is 0. The molecule has 0 bridgehead atoms. The topological polar surface area (TPSA) is 30.9 Å². The molecule has 1 rings (SSSR count). The second kappa shape index (κ2) is 11.7. The predicted octanol–water partition coefficient (Wildman–Crippen LogP) is 3.44. The van der Waals surface area contributed by atoms with Crippen LogP contribution in [0, 0.1) is 11.8 Å². The molecule has 1 atom stereocenters. The summed E-state index contributed by atoms with van der Waals surface area (Å²) in [7, 11) is 0. The third kappa shape index (κ3) is 8.05. The van der Waals surface area contributed by atoms with Gasteiger partial charge in [0.05, 0.1) is 0 Å². The summed E-state index contributed by atoms with van der Waals surface area (Å²) in [6.07, 6.45) is 5.11. The van der Waals surface area contributed by atoms with Crippen molar-refractivity contribution in [2.24, 2.45) is 16.8 Å². The van der Waals surface area contributed by atoms with Gasteiger partial charge in [0.1, 0.15) is 0 Å². The summed E-state index contributed by atoms with van der Waals surface area (Å²) in [6.45, 7) is 19.1. The minimum Gasteiger partial charge on any atom is -0.357 e. The van der Waals surface area contributed by atoms with E-state index in [2.05, 4.69) is 49.7 Å². The molecule has 0 saturated carbocycles. The van der Waals surface area contributed by atoms with E-state index in [1.807, 2.05) is 0 Å². The predicted molar refractivity (Wildman–Crippen MR) is 102 cm³/mol. The summed E-state index contributed by atoms with van der Waals surface area (Å²) in [4.78, 5) is 9.84. The van der Waals surface area contributed by atoms with Crippen molar-refractivity contribution in [2.45, 2.75) is 60.3 Å². The SMILES string of the molecule is CCNC(=NCCCCN(CC)CC)N1CCC(CC(C)C)C1. The number of hydrogen-bond donors (Lipinski definition) is 1. The molecule has 0 aromatic carbocycles. The highest BCUT2D eigenvalue weighted by molar-refractivity contribution is 5.80. The molecule has 0 aromatic heterocycles. The number of rotatable bonds is 10. The van der Waals surface area contributed by atoms with Gasteiger partial charge in [-0.25, -0.2) is 0 Å². The first-order chi connectivity index (χ1) is 11.1. The monoisotopic (exact) mass is 324 g/mol. The Balaban J connectivity index is 2.36. The summed E-state index contributed by atoms with van der Waals surface area (Å²) < 4.78 is 0. The Morgan fingerprint density at radius 3 is 2.57 bits per heavy atom. The Morgan fingerprint density at radius 2 is 1.96 bits per heavy atom. The van der Waals surface area contributed by atoms with Gasteiger partial charge < -0.3 is 15.1 Å². The van der Waals surface area contributed by atoms with Crippen LogP contribution in [0.25, 0.3) is 0 Å². The van der Waals surface area contributed by atoms with Crippen LogP contribution in [-0.4, -0.2) is 61.6 Å². The van der Waals surface area contributed by atoms with Crippen LogP contribution in [0.3, 0.4) is 0 Å². The van der Waals surface area contributed by atoms with Crippen molar-refractivity contribution >= 4 is 5.96 Å². The standard InChI is InChI=1S/C19H40N4/c1-6-20-19(21-12-9-10-13-22(7-2)8-3)23-14-11-18(16-23)15-17(4)5/h17-18H,6-16H2,1-5H3,(H,20,21). The van der Waals surface area contributed by atoms with Gasteiger partial charge in [-0.05, 0) is 64.1 Å². The van der Waals surface area contributed by atoms with Gasteiger partial charge in [0.25, 0.3) is 0 Å². The fourth-order valence-electron chi connectivity index (χ4n) is 3.48. The first-order valence-corrected chi connectivity index (χ1v) is 9.86. The maximum atomic E-state index is 4.87. The number of nitrogens with one attached hydrogen (secondary N) is 1. The Hall–Kier alpha value is -0.770. The van der Waals surface area contributed by atoms with Gasteiger partial charge in [-0.15, -0.1) is 0 Å². The Bertz CT molecular complexity index is 323. The number of unbranched alkanes of at least 4 members (excludes halogenated alkanes) is 1. The molecule has 1 fully saturated rings. The molecule has 1 saturated heterocycles. The molecule has 136 valence electrons. The number of guanidine groups is 1. The quantitative estimate of drug-likeness (QED) is 0.379. The molecule has 1 N–H and O–H groups in total. The normalized spacial score (nSPS) is 19.2. The second-order valence-electron chi connectivity index (χ2n) is 7.20. The fourth-order valence-corrected chi connectivity index (χ4v) is 3.48. The largest absolute Gasteiger partial charge is 0.357 e. The Morgan fingerprint density at radius 1 is 1.22 bits per heavy atom. The third-order valence-electron chi connectivity index (χ3n) is 4.76. The van der Waals surface area contributed by atoms with Gasteiger partial charge in [0, 0.05) is 26.2 Å².